The minimum absolute atomic E-state index is 0.170. The van der Waals surface area contributed by atoms with Crippen molar-refractivity contribution in [2.45, 2.75) is 12.0 Å². The van der Waals surface area contributed by atoms with Crippen molar-refractivity contribution in [2.75, 3.05) is 19.6 Å². The van der Waals surface area contributed by atoms with E-state index in [0.29, 0.717) is 18.5 Å². The second-order valence-corrected chi connectivity index (χ2v) is 5.65. The molecule has 2 aromatic rings. The van der Waals surface area contributed by atoms with E-state index >= 15 is 0 Å². The molecule has 1 fully saturated rings. The lowest BCUT2D eigenvalue weighted by Gasteiger charge is -2.21. The van der Waals surface area contributed by atoms with Gasteiger partial charge in [0.1, 0.15) is 0 Å². The quantitative estimate of drug-likeness (QED) is 0.793. The van der Waals surface area contributed by atoms with E-state index in [2.05, 4.69) is 15.6 Å². The first kappa shape index (κ1) is 14.7. The van der Waals surface area contributed by atoms with Crippen molar-refractivity contribution < 1.29 is 9.90 Å². The summed E-state index contributed by atoms with van der Waals surface area (Å²) in [4.78, 5) is 16.3. The molecule has 3 rings (SSSR count). The van der Waals surface area contributed by atoms with E-state index in [9.17, 15) is 9.90 Å². The summed E-state index contributed by atoms with van der Waals surface area (Å²) in [5, 5.41) is 16.2. The van der Waals surface area contributed by atoms with Gasteiger partial charge in [0.15, 0.2) is 0 Å². The molecule has 0 bridgehead atoms. The smallest absolute Gasteiger partial charge is 0.251 e. The summed E-state index contributed by atoms with van der Waals surface area (Å²) in [5.41, 5.74) is 1.74. The van der Waals surface area contributed by atoms with E-state index in [4.69, 9.17) is 0 Å². The van der Waals surface area contributed by atoms with Gasteiger partial charge in [-0.15, -0.1) is 0 Å². The first-order valence-corrected chi connectivity index (χ1v) is 7.38. The van der Waals surface area contributed by atoms with Gasteiger partial charge in [-0.1, -0.05) is 12.1 Å². The number of nitrogens with one attached hydrogen (secondary N) is 2. The van der Waals surface area contributed by atoms with Crippen LogP contribution >= 0.6 is 0 Å². The van der Waals surface area contributed by atoms with Crippen molar-refractivity contribution in [2.24, 2.45) is 0 Å². The van der Waals surface area contributed by atoms with Gasteiger partial charge in [0.05, 0.1) is 5.60 Å². The molecule has 22 heavy (non-hydrogen) atoms. The second kappa shape index (κ2) is 6.25. The van der Waals surface area contributed by atoms with Crippen LogP contribution in [0.2, 0.25) is 0 Å². The van der Waals surface area contributed by atoms with E-state index in [1.165, 1.54) is 0 Å². The number of aromatic nitrogens is 1. The van der Waals surface area contributed by atoms with E-state index in [1.54, 1.807) is 18.5 Å². The van der Waals surface area contributed by atoms with Gasteiger partial charge < -0.3 is 15.7 Å². The third kappa shape index (κ3) is 3.32. The molecule has 0 saturated carbocycles. The van der Waals surface area contributed by atoms with Crippen molar-refractivity contribution in [3.05, 3.63) is 54.4 Å². The molecule has 3 N–H and O–H groups in total. The summed E-state index contributed by atoms with van der Waals surface area (Å²) in [5.74, 6) is -0.170. The standard InChI is InChI=1S/C17H19N3O2/c21-16(20-12-17(22)6-9-19-11-17)15-3-1-2-14(10-15)13-4-7-18-8-5-13/h1-5,7-8,10,19,22H,6,9,11-12H2,(H,20,21)/t17-/m0/s1. The molecule has 2 heterocycles. The molecule has 1 saturated heterocycles. The molecule has 5 nitrogen and oxygen atoms in total. The largest absolute Gasteiger partial charge is 0.387 e. The van der Waals surface area contributed by atoms with Gasteiger partial charge in [0.25, 0.3) is 5.91 Å². The van der Waals surface area contributed by atoms with E-state index in [0.717, 1.165) is 17.7 Å². The van der Waals surface area contributed by atoms with Gasteiger partial charge in [-0.3, -0.25) is 9.78 Å². The molecular weight excluding hydrogens is 278 g/mol. The van der Waals surface area contributed by atoms with Crippen molar-refractivity contribution in [3.63, 3.8) is 0 Å². The molecule has 0 radical (unpaired) electrons. The van der Waals surface area contributed by atoms with Crippen molar-refractivity contribution in [1.82, 2.24) is 15.6 Å². The summed E-state index contributed by atoms with van der Waals surface area (Å²) in [6.45, 7) is 1.56. The zero-order valence-electron chi connectivity index (χ0n) is 12.2. The number of carbonyl (C=O) groups is 1. The molecule has 1 atom stereocenters. The van der Waals surface area contributed by atoms with Gasteiger partial charge in [0, 0.05) is 31.0 Å². The van der Waals surface area contributed by atoms with Crippen LogP contribution in [-0.2, 0) is 0 Å². The first-order chi connectivity index (χ1) is 10.7. The normalized spacial score (nSPS) is 20.8. The Labute approximate surface area is 129 Å². The van der Waals surface area contributed by atoms with E-state index in [-0.39, 0.29) is 12.5 Å². The summed E-state index contributed by atoms with van der Waals surface area (Å²) in [7, 11) is 0. The molecular formula is C17H19N3O2. The Kier molecular flexibility index (Phi) is 4.18. The molecule has 5 heteroatoms. The number of nitrogens with zero attached hydrogens (tertiary/aromatic N) is 1. The second-order valence-electron chi connectivity index (χ2n) is 5.65. The number of rotatable bonds is 4. The Morgan fingerprint density at radius 3 is 2.82 bits per heavy atom. The van der Waals surface area contributed by atoms with Crippen LogP contribution in [-0.4, -0.2) is 41.2 Å². The molecule has 1 aromatic heterocycles. The van der Waals surface area contributed by atoms with Crippen LogP contribution in [0.3, 0.4) is 0 Å². The van der Waals surface area contributed by atoms with Gasteiger partial charge in [-0.05, 0) is 48.4 Å². The third-order valence-electron chi connectivity index (χ3n) is 3.94. The van der Waals surface area contributed by atoms with Crippen LogP contribution in [0, 0.1) is 0 Å². The fourth-order valence-corrected chi connectivity index (χ4v) is 2.61. The predicted molar refractivity (Wildman–Crippen MR) is 84.4 cm³/mol. The first-order valence-electron chi connectivity index (χ1n) is 7.38. The number of amides is 1. The van der Waals surface area contributed by atoms with Crippen LogP contribution in [0.15, 0.2) is 48.8 Å². The molecule has 0 spiro atoms. The predicted octanol–water partition coefficient (Wildman–Crippen LogP) is 1.20. The summed E-state index contributed by atoms with van der Waals surface area (Å²) >= 11 is 0. The summed E-state index contributed by atoms with van der Waals surface area (Å²) < 4.78 is 0. The molecule has 1 aliphatic rings. The lowest BCUT2D eigenvalue weighted by molar-refractivity contribution is 0.0562. The maximum atomic E-state index is 12.3. The number of pyridine rings is 1. The highest BCUT2D eigenvalue weighted by Gasteiger charge is 2.31. The average Bonchev–Trinajstić information content (AvgIpc) is 3.01. The molecule has 1 aliphatic heterocycles. The Balaban J connectivity index is 1.70. The highest BCUT2D eigenvalue weighted by Crippen LogP contribution is 2.19. The van der Waals surface area contributed by atoms with Crippen LogP contribution in [0.1, 0.15) is 16.8 Å². The van der Waals surface area contributed by atoms with Crippen molar-refractivity contribution in [1.29, 1.82) is 0 Å². The number of benzene rings is 1. The summed E-state index contributed by atoms with van der Waals surface area (Å²) in [6, 6.07) is 11.3. The average molecular weight is 297 g/mol. The van der Waals surface area contributed by atoms with Crippen molar-refractivity contribution >= 4 is 5.91 Å². The Bertz CT molecular complexity index is 652. The maximum Gasteiger partial charge on any atom is 0.251 e. The number of aliphatic hydroxyl groups is 1. The Morgan fingerprint density at radius 2 is 2.09 bits per heavy atom. The SMILES string of the molecule is O=C(NC[C@]1(O)CCNC1)c1cccc(-c2ccncc2)c1. The molecule has 114 valence electrons. The zero-order valence-corrected chi connectivity index (χ0v) is 12.2. The number of carbonyl (C=O) groups excluding carboxylic acids is 1. The topological polar surface area (TPSA) is 74.2 Å². The highest BCUT2D eigenvalue weighted by atomic mass is 16.3. The Hall–Kier alpha value is -2.24. The van der Waals surface area contributed by atoms with E-state index < -0.39 is 5.60 Å². The minimum Gasteiger partial charge on any atom is -0.387 e. The fraction of sp³-hybridized carbons (Fsp3) is 0.294. The molecule has 0 aliphatic carbocycles. The van der Waals surface area contributed by atoms with Gasteiger partial charge >= 0.3 is 0 Å². The zero-order chi connectivity index (χ0) is 15.4. The lowest BCUT2D eigenvalue weighted by Crippen LogP contribution is -2.44. The molecule has 1 aromatic carbocycles. The van der Waals surface area contributed by atoms with E-state index in [1.807, 2.05) is 30.3 Å². The number of hydrogen-bond donors (Lipinski definition) is 3. The van der Waals surface area contributed by atoms with Crippen molar-refractivity contribution in [3.8, 4) is 11.1 Å². The Morgan fingerprint density at radius 1 is 1.27 bits per heavy atom. The number of hydrogen-bond acceptors (Lipinski definition) is 4. The monoisotopic (exact) mass is 297 g/mol. The lowest BCUT2D eigenvalue weighted by atomic mass is 10.0. The van der Waals surface area contributed by atoms with Gasteiger partial charge in [0.2, 0.25) is 0 Å². The van der Waals surface area contributed by atoms with Crippen LogP contribution < -0.4 is 10.6 Å². The fourth-order valence-electron chi connectivity index (χ4n) is 2.61. The van der Waals surface area contributed by atoms with Crippen LogP contribution in [0.25, 0.3) is 11.1 Å². The van der Waals surface area contributed by atoms with Crippen LogP contribution in [0.4, 0.5) is 0 Å². The molecule has 0 unspecified atom stereocenters. The number of β-amino-alcohol motifs (C(OH)–C–C–N with tert-alkyl or cyclic N) is 1. The highest BCUT2D eigenvalue weighted by molar-refractivity contribution is 5.95. The minimum atomic E-state index is -0.835. The maximum absolute atomic E-state index is 12.3. The van der Waals surface area contributed by atoms with Crippen LogP contribution in [0.5, 0.6) is 0 Å². The van der Waals surface area contributed by atoms with Gasteiger partial charge in [-0.2, -0.15) is 0 Å². The summed E-state index contributed by atoms with van der Waals surface area (Å²) in [6.07, 6.45) is 4.11. The third-order valence-corrected chi connectivity index (χ3v) is 3.94. The van der Waals surface area contributed by atoms with Gasteiger partial charge in [-0.25, -0.2) is 0 Å². The molecule has 1 amide bonds.